The van der Waals surface area contributed by atoms with Gasteiger partial charge in [-0.1, -0.05) is 32.6 Å². The van der Waals surface area contributed by atoms with Crippen molar-refractivity contribution >= 4 is 17.0 Å². The molecule has 0 aromatic carbocycles. The standard InChI is InChI=1S/C23H39N7O2/c1-2-3-17-32-22-26-20(24)19-21(27-22)30(23(31)25-19)12-8-4-7-11-28-13-15-29(16-14-28)18-9-5-6-10-18/h18H,2-17H2,1H3,(H,25,31)(H2,24,26,27). The van der Waals surface area contributed by atoms with Crippen molar-refractivity contribution in [3.8, 4) is 6.01 Å². The molecule has 1 saturated carbocycles. The lowest BCUT2D eigenvalue weighted by atomic mass is 10.1. The van der Waals surface area contributed by atoms with Gasteiger partial charge < -0.3 is 20.4 Å². The minimum Gasteiger partial charge on any atom is -0.463 e. The van der Waals surface area contributed by atoms with Crippen molar-refractivity contribution in [3.05, 3.63) is 10.5 Å². The molecule has 178 valence electrons. The third-order valence-electron chi connectivity index (χ3n) is 6.96. The molecule has 0 bridgehead atoms. The third-order valence-corrected chi connectivity index (χ3v) is 6.96. The molecule has 2 aromatic rings. The maximum atomic E-state index is 12.4. The molecule has 1 aliphatic heterocycles. The monoisotopic (exact) mass is 445 g/mol. The van der Waals surface area contributed by atoms with E-state index in [1.54, 1.807) is 4.57 Å². The van der Waals surface area contributed by atoms with E-state index >= 15 is 0 Å². The summed E-state index contributed by atoms with van der Waals surface area (Å²) in [5.41, 5.74) is 6.88. The minimum atomic E-state index is -0.185. The van der Waals surface area contributed by atoms with Crippen LogP contribution in [0, 0.1) is 0 Å². The van der Waals surface area contributed by atoms with E-state index < -0.39 is 0 Å². The second-order valence-electron chi connectivity index (χ2n) is 9.25. The molecule has 9 nitrogen and oxygen atoms in total. The molecule has 0 radical (unpaired) electrons. The molecule has 2 aliphatic rings. The van der Waals surface area contributed by atoms with Gasteiger partial charge in [0, 0.05) is 38.8 Å². The van der Waals surface area contributed by atoms with Gasteiger partial charge in [0.1, 0.15) is 5.52 Å². The van der Waals surface area contributed by atoms with Gasteiger partial charge >= 0.3 is 11.7 Å². The van der Waals surface area contributed by atoms with Crippen LogP contribution in [0.2, 0.25) is 0 Å². The Morgan fingerprint density at radius 2 is 1.78 bits per heavy atom. The van der Waals surface area contributed by atoms with Crippen LogP contribution in [0.3, 0.4) is 0 Å². The van der Waals surface area contributed by atoms with Crippen molar-refractivity contribution in [2.75, 3.05) is 45.1 Å². The van der Waals surface area contributed by atoms with Crippen LogP contribution >= 0.6 is 0 Å². The summed E-state index contributed by atoms with van der Waals surface area (Å²) < 4.78 is 7.28. The summed E-state index contributed by atoms with van der Waals surface area (Å²) in [5.74, 6) is 0.258. The van der Waals surface area contributed by atoms with Crippen LogP contribution < -0.4 is 16.2 Å². The quantitative estimate of drug-likeness (QED) is 0.512. The summed E-state index contributed by atoms with van der Waals surface area (Å²) >= 11 is 0. The highest BCUT2D eigenvalue weighted by Crippen LogP contribution is 2.24. The number of hydrogen-bond donors (Lipinski definition) is 2. The summed E-state index contributed by atoms with van der Waals surface area (Å²) in [6.07, 6.45) is 10.8. The lowest BCUT2D eigenvalue weighted by molar-refractivity contribution is 0.0967. The number of nitrogens with two attached hydrogens (primary N) is 1. The number of rotatable bonds is 11. The number of piperazine rings is 1. The number of aryl methyl sites for hydroxylation is 1. The van der Waals surface area contributed by atoms with E-state index in [4.69, 9.17) is 10.5 Å². The largest absolute Gasteiger partial charge is 0.463 e. The van der Waals surface area contributed by atoms with Crippen molar-refractivity contribution in [2.45, 2.75) is 77.3 Å². The smallest absolute Gasteiger partial charge is 0.327 e. The molecule has 3 heterocycles. The Morgan fingerprint density at radius 1 is 1.03 bits per heavy atom. The van der Waals surface area contributed by atoms with Crippen LogP contribution in [0.5, 0.6) is 6.01 Å². The zero-order valence-electron chi connectivity index (χ0n) is 19.5. The predicted molar refractivity (Wildman–Crippen MR) is 127 cm³/mol. The fourth-order valence-electron chi connectivity index (χ4n) is 5.01. The Morgan fingerprint density at radius 3 is 2.53 bits per heavy atom. The number of fused-ring (bicyclic) bond motifs is 1. The van der Waals surface area contributed by atoms with Gasteiger partial charge in [-0.25, -0.2) is 4.79 Å². The number of aromatic nitrogens is 4. The third kappa shape index (κ3) is 5.61. The fraction of sp³-hybridized carbons (Fsp3) is 0.783. The number of unbranched alkanes of at least 4 members (excludes halogenated alkanes) is 3. The highest BCUT2D eigenvalue weighted by Gasteiger charge is 2.25. The average Bonchev–Trinajstić information content (AvgIpc) is 3.43. The van der Waals surface area contributed by atoms with E-state index in [9.17, 15) is 4.79 Å². The van der Waals surface area contributed by atoms with Crippen LogP contribution in [0.1, 0.15) is 64.7 Å². The molecule has 32 heavy (non-hydrogen) atoms. The van der Waals surface area contributed by atoms with E-state index in [0.717, 1.165) is 44.7 Å². The van der Waals surface area contributed by atoms with Crippen molar-refractivity contribution in [3.63, 3.8) is 0 Å². The Hall–Kier alpha value is -2.13. The molecule has 9 heteroatoms. The topological polar surface area (TPSA) is 105 Å². The van der Waals surface area contributed by atoms with Crippen LogP contribution in [0.25, 0.3) is 11.2 Å². The Balaban J connectivity index is 1.23. The minimum absolute atomic E-state index is 0.185. The number of ether oxygens (including phenoxy) is 1. The normalized spacial score (nSPS) is 18.7. The van der Waals surface area contributed by atoms with E-state index in [1.165, 1.54) is 51.9 Å². The molecule has 2 aromatic heterocycles. The van der Waals surface area contributed by atoms with Gasteiger partial charge in [0.15, 0.2) is 11.5 Å². The molecule has 0 amide bonds. The maximum absolute atomic E-state index is 12.4. The number of aromatic amines is 1. The number of nitrogen functional groups attached to an aromatic ring is 1. The van der Waals surface area contributed by atoms with Gasteiger partial charge in [-0.05, 0) is 38.6 Å². The second kappa shape index (κ2) is 11.1. The molecular weight excluding hydrogens is 406 g/mol. The maximum Gasteiger partial charge on any atom is 0.327 e. The van der Waals surface area contributed by atoms with E-state index in [1.807, 2.05) is 0 Å². The lowest BCUT2D eigenvalue weighted by Gasteiger charge is -2.38. The van der Waals surface area contributed by atoms with Gasteiger partial charge in [-0.15, -0.1) is 0 Å². The number of anilines is 1. The second-order valence-corrected chi connectivity index (χ2v) is 9.25. The summed E-state index contributed by atoms with van der Waals surface area (Å²) in [4.78, 5) is 29.2. The molecule has 0 atom stereocenters. The molecule has 3 N–H and O–H groups in total. The zero-order valence-corrected chi connectivity index (χ0v) is 19.5. The molecular formula is C23H39N7O2. The van der Waals surface area contributed by atoms with E-state index in [-0.39, 0.29) is 17.5 Å². The molecule has 0 spiro atoms. The van der Waals surface area contributed by atoms with E-state index in [2.05, 4.69) is 31.7 Å². The molecule has 0 unspecified atom stereocenters. The molecule has 4 rings (SSSR count). The van der Waals surface area contributed by atoms with Crippen molar-refractivity contribution in [1.82, 2.24) is 29.3 Å². The van der Waals surface area contributed by atoms with Gasteiger partial charge in [0.25, 0.3) is 0 Å². The number of hydrogen-bond acceptors (Lipinski definition) is 7. The molecule has 1 saturated heterocycles. The van der Waals surface area contributed by atoms with Crippen LogP contribution in [0.4, 0.5) is 5.82 Å². The first-order valence-electron chi connectivity index (χ1n) is 12.5. The van der Waals surface area contributed by atoms with Crippen LogP contribution in [-0.2, 0) is 6.54 Å². The van der Waals surface area contributed by atoms with Crippen molar-refractivity contribution in [2.24, 2.45) is 0 Å². The van der Waals surface area contributed by atoms with Crippen molar-refractivity contribution < 1.29 is 4.74 Å². The van der Waals surface area contributed by atoms with Crippen molar-refractivity contribution in [1.29, 1.82) is 0 Å². The zero-order chi connectivity index (χ0) is 22.3. The average molecular weight is 446 g/mol. The highest BCUT2D eigenvalue weighted by molar-refractivity contribution is 5.81. The predicted octanol–water partition coefficient (Wildman–Crippen LogP) is 2.61. The first-order valence-corrected chi connectivity index (χ1v) is 12.5. The van der Waals surface area contributed by atoms with Gasteiger partial charge in [-0.3, -0.25) is 9.47 Å². The highest BCUT2D eigenvalue weighted by atomic mass is 16.5. The molecule has 1 aliphatic carbocycles. The number of nitrogens with zero attached hydrogens (tertiary/aromatic N) is 5. The van der Waals surface area contributed by atoms with Gasteiger partial charge in [0.2, 0.25) is 0 Å². The number of imidazole rings is 1. The molecule has 2 fully saturated rings. The van der Waals surface area contributed by atoms with E-state index in [0.29, 0.717) is 24.3 Å². The fourth-order valence-corrected chi connectivity index (χ4v) is 5.01. The SMILES string of the molecule is CCCCOc1nc(N)c2[nH]c(=O)n(CCCCCN3CCN(C4CCCC4)CC3)c2n1. The summed E-state index contributed by atoms with van der Waals surface area (Å²) in [7, 11) is 0. The van der Waals surface area contributed by atoms with Gasteiger partial charge in [-0.2, -0.15) is 9.97 Å². The number of nitrogens with one attached hydrogen (secondary N) is 1. The van der Waals surface area contributed by atoms with Crippen LogP contribution in [0.15, 0.2) is 4.79 Å². The first-order chi connectivity index (χ1) is 15.7. The Bertz CT molecular complexity index is 911. The number of H-pyrrole nitrogens is 1. The van der Waals surface area contributed by atoms with Gasteiger partial charge in [0.05, 0.1) is 6.61 Å². The lowest BCUT2D eigenvalue weighted by Crippen LogP contribution is -2.49. The summed E-state index contributed by atoms with van der Waals surface area (Å²) in [5, 5.41) is 0. The van der Waals surface area contributed by atoms with Crippen LogP contribution in [-0.4, -0.2) is 74.7 Å². The summed E-state index contributed by atoms with van der Waals surface area (Å²) in [6, 6.07) is 1.09. The first kappa shape index (κ1) is 23.0. The Kier molecular flexibility index (Phi) is 8.02. The Labute approximate surface area is 190 Å². The summed E-state index contributed by atoms with van der Waals surface area (Å²) in [6.45, 7) is 9.24.